The number of hydrogen-bond acceptors (Lipinski definition) is 3. The average Bonchev–Trinajstić information content (AvgIpc) is 3.70. The third-order valence-corrected chi connectivity index (χ3v) is 9.17. The maximum absolute atomic E-state index is 6.33. The van der Waals surface area contributed by atoms with E-state index in [9.17, 15) is 0 Å². The fraction of sp³-hybridized carbons (Fsp3) is 0. The van der Waals surface area contributed by atoms with Crippen LogP contribution in [0.5, 0.6) is 0 Å². The molecule has 0 aliphatic heterocycles. The van der Waals surface area contributed by atoms with E-state index in [0.29, 0.717) is 0 Å². The molecule has 0 unspecified atom stereocenters. The number of hydrogen-bond donors (Lipinski definition) is 0. The van der Waals surface area contributed by atoms with E-state index in [0.717, 1.165) is 43.5 Å². The predicted octanol–water partition coefficient (Wildman–Crippen LogP) is 11.7. The highest BCUT2D eigenvalue weighted by Gasteiger charge is 2.15. The third-order valence-electron chi connectivity index (χ3n) is 8.12. The lowest BCUT2D eigenvalue weighted by atomic mass is 9.95. The average molecular weight is 543 g/mol. The fourth-order valence-corrected chi connectivity index (χ4v) is 7.22. The first-order valence-corrected chi connectivity index (χ1v) is 14.6. The molecule has 9 aromatic rings. The van der Waals surface area contributed by atoms with Gasteiger partial charge in [-0.15, -0.1) is 0 Å². The van der Waals surface area contributed by atoms with Gasteiger partial charge in [-0.05, 0) is 64.2 Å². The first kappa shape index (κ1) is 22.7. The maximum Gasteiger partial charge on any atom is 0.190 e. The zero-order valence-electron chi connectivity index (χ0n) is 21.9. The van der Waals surface area contributed by atoms with Crippen molar-refractivity contribution in [3.05, 3.63) is 133 Å². The molecule has 0 N–H and O–H groups in total. The Kier molecular flexibility index (Phi) is 4.80. The van der Waals surface area contributed by atoms with E-state index in [-0.39, 0.29) is 0 Å². The topological polar surface area (TPSA) is 26.3 Å². The molecule has 0 saturated carbocycles. The van der Waals surface area contributed by atoms with Crippen LogP contribution < -0.4 is 0 Å². The van der Waals surface area contributed by atoms with Crippen molar-refractivity contribution in [2.24, 2.45) is 0 Å². The van der Waals surface area contributed by atoms with Gasteiger partial charge in [-0.25, -0.2) is 0 Å². The Bertz CT molecular complexity index is 2440. The van der Waals surface area contributed by atoms with Crippen LogP contribution in [0.2, 0.25) is 0 Å². The molecule has 3 heterocycles. The minimum Gasteiger partial charge on any atom is -0.455 e. The van der Waals surface area contributed by atoms with E-state index in [1.54, 1.807) is 11.3 Å². The van der Waals surface area contributed by atoms with Crippen molar-refractivity contribution in [1.82, 2.24) is 0 Å². The van der Waals surface area contributed by atoms with E-state index in [2.05, 4.69) is 109 Å². The Labute approximate surface area is 239 Å². The van der Waals surface area contributed by atoms with Crippen LogP contribution in [0, 0.1) is 0 Å². The third kappa shape index (κ3) is 3.49. The van der Waals surface area contributed by atoms with Crippen LogP contribution in [-0.4, -0.2) is 0 Å². The Morgan fingerprint density at radius 3 is 1.83 bits per heavy atom. The highest BCUT2D eigenvalue weighted by molar-refractivity contribution is 7.25. The maximum atomic E-state index is 6.33. The van der Waals surface area contributed by atoms with Gasteiger partial charge in [-0.2, -0.15) is 0 Å². The second kappa shape index (κ2) is 8.69. The van der Waals surface area contributed by atoms with Crippen LogP contribution in [0.1, 0.15) is 0 Å². The van der Waals surface area contributed by atoms with Crippen LogP contribution in [0.15, 0.2) is 142 Å². The second-order valence-electron chi connectivity index (χ2n) is 10.5. The molecule has 2 nitrogen and oxygen atoms in total. The summed E-state index contributed by atoms with van der Waals surface area (Å²) < 4.78 is 13.7. The summed E-state index contributed by atoms with van der Waals surface area (Å²) in [5, 5.41) is 5.94. The van der Waals surface area contributed by atoms with E-state index in [4.69, 9.17) is 8.83 Å². The van der Waals surface area contributed by atoms with Crippen LogP contribution in [0.4, 0.5) is 0 Å². The summed E-state index contributed by atoms with van der Waals surface area (Å²) in [4.78, 5) is 0.989. The molecule has 3 heteroatoms. The Balaban J connectivity index is 1.15. The van der Waals surface area contributed by atoms with Gasteiger partial charge >= 0.3 is 0 Å². The number of rotatable bonds is 3. The van der Waals surface area contributed by atoms with Crippen LogP contribution in [0.25, 0.3) is 86.7 Å². The van der Waals surface area contributed by atoms with Gasteiger partial charge in [0.1, 0.15) is 16.7 Å². The monoisotopic (exact) mass is 542 g/mol. The number of para-hydroxylation sites is 3. The van der Waals surface area contributed by atoms with Crippen molar-refractivity contribution in [2.45, 2.75) is 0 Å². The zero-order valence-corrected chi connectivity index (χ0v) is 22.7. The second-order valence-corrected chi connectivity index (χ2v) is 11.5. The van der Waals surface area contributed by atoms with Crippen molar-refractivity contribution in [3.63, 3.8) is 0 Å². The van der Waals surface area contributed by atoms with Crippen molar-refractivity contribution in [3.8, 4) is 33.4 Å². The standard InChI is InChI=1S/C38H22O2S/c1-3-16-33-29(12-1)30-15-7-14-28(37(30)39-33)27-11-6-10-25(21-27)23-8-5-9-24(20-23)26-18-19-35-32(22-26)36-31-13-2-4-17-34(31)40-38(36)41-35/h1-22H. The highest BCUT2D eigenvalue weighted by Crippen LogP contribution is 2.42. The van der Waals surface area contributed by atoms with Crippen molar-refractivity contribution >= 4 is 64.6 Å². The van der Waals surface area contributed by atoms with E-state index in [1.807, 2.05) is 24.3 Å². The fourth-order valence-electron chi connectivity index (χ4n) is 6.16. The van der Waals surface area contributed by atoms with Gasteiger partial charge in [0.2, 0.25) is 0 Å². The van der Waals surface area contributed by atoms with E-state index >= 15 is 0 Å². The molecule has 0 aliphatic rings. The zero-order chi connectivity index (χ0) is 26.9. The summed E-state index contributed by atoms with van der Waals surface area (Å²) in [6, 6.07) is 47.3. The largest absolute Gasteiger partial charge is 0.455 e. The summed E-state index contributed by atoms with van der Waals surface area (Å²) in [5.41, 5.74) is 9.81. The number of furan rings is 2. The Hall–Kier alpha value is -5.12. The lowest BCUT2D eigenvalue weighted by Crippen LogP contribution is -1.84. The minimum atomic E-state index is 0.919. The Morgan fingerprint density at radius 1 is 0.415 bits per heavy atom. The summed E-state index contributed by atoms with van der Waals surface area (Å²) in [6.45, 7) is 0. The SMILES string of the molecule is c1cc(-c2cccc(-c3cccc4c3oc3ccccc34)c2)cc(-c2ccc3sc4oc5ccccc5c4c3c2)c1. The van der Waals surface area contributed by atoms with Crippen molar-refractivity contribution in [1.29, 1.82) is 0 Å². The summed E-state index contributed by atoms with van der Waals surface area (Å²) in [6.07, 6.45) is 0. The normalized spacial score (nSPS) is 11.9. The molecule has 192 valence electrons. The molecule has 0 bridgehead atoms. The molecule has 0 amide bonds. The van der Waals surface area contributed by atoms with Gasteiger partial charge in [-0.3, -0.25) is 0 Å². The molecule has 0 spiro atoms. The molecule has 0 atom stereocenters. The van der Waals surface area contributed by atoms with Gasteiger partial charge in [0, 0.05) is 37.2 Å². The summed E-state index contributed by atoms with van der Waals surface area (Å²) in [5.74, 6) is 0. The predicted molar refractivity (Wildman–Crippen MR) is 173 cm³/mol. The molecular weight excluding hydrogens is 520 g/mol. The smallest absolute Gasteiger partial charge is 0.190 e. The first-order chi connectivity index (χ1) is 20.3. The van der Waals surface area contributed by atoms with Crippen molar-refractivity contribution < 1.29 is 8.83 Å². The Morgan fingerprint density at radius 2 is 1.02 bits per heavy atom. The molecule has 0 saturated heterocycles. The van der Waals surface area contributed by atoms with Crippen molar-refractivity contribution in [2.75, 3.05) is 0 Å². The highest BCUT2D eigenvalue weighted by atomic mass is 32.1. The lowest BCUT2D eigenvalue weighted by molar-refractivity contribution is 0.670. The molecule has 3 aromatic heterocycles. The van der Waals surface area contributed by atoms with E-state index in [1.165, 1.54) is 43.1 Å². The number of fused-ring (bicyclic) bond motifs is 8. The minimum absolute atomic E-state index is 0.919. The van der Waals surface area contributed by atoms with Gasteiger partial charge < -0.3 is 8.83 Å². The van der Waals surface area contributed by atoms with Crippen LogP contribution >= 0.6 is 11.3 Å². The first-order valence-electron chi connectivity index (χ1n) is 13.8. The van der Waals surface area contributed by atoms with Gasteiger partial charge in [0.05, 0.1) is 0 Å². The van der Waals surface area contributed by atoms with Crippen LogP contribution in [-0.2, 0) is 0 Å². The van der Waals surface area contributed by atoms with Crippen LogP contribution in [0.3, 0.4) is 0 Å². The van der Waals surface area contributed by atoms with Gasteiger partial charge in [0.25, 0.3) is 0 Å². The van der Waals surface area contributed by atoms with Gasteiger partial charge in [0.15, 0.2) is 4.90 Å². The molecule has 0 aliphatic carbocycles. The quantitative estimate of drug-likeness (QED) is 0.222. The summed E-state index contributed by atoms with van der Waals surface area (Å²) >= 11 is 1.72. The van der Waals surface area contributed by atoms with Gasteiger partial charge in [-0.1, -0.05) is 108 Å². The molecule has 0 radical (unpaired) electrons. The van der Waals surface area contributed by atoms with E-state index < -0.39 is 0 Å². The molecular formula is C38H22O2S. The number of benzene rings is 6. The number of thiophene rings is 1. The molecule has 9 rings (SSSR count). The molecule has 41 heavy (non-hydrogen) atoms. The molecule has 6 aromatic carbocycles. The summed E-state index contributed by atoms with van der Waals surface area (Å²) in [7, 11) is 0. The molecule has 0 fully saturated rings. The lowest BCUT2D eigenvalue weighted by Gasteiger charge is -2.09.